The van der Waals surface area contributed by atoms with Gasteiger partial charge in [0.15, 0.2) is 0 Å². The molecule has 1 aromatic rings. The van der Waals surface area contributed by atoms with Crippen LogP contribution in [0.25, 0.3) is 0 Å². The summed E-state index contributed by atoms with van der Waals surface area (Å²) in [5, 5.41) is 10.5. The molecule has 0 aliphatic rings. The van der Waals surface area contributed by atoms with Crippen LogP contribution in [0.3, 0.4) is 0 Å². The summed E-state index contributed by atoms with van der Waals surface area (Å²) in [6, 6.07) is 3.53. The Morgan fingerprint density at radius 1 is 1.19 bits per heavy atom. The quantitative estimate of drug-likeness (QED) is 0.570. The molecular formula is C9H11N3O4. The fourth-order valence-corrected chi connectivity index (χ4v) is 1.16. The van der Waals surface area contributed by atoms with Crippen molar-refractivity contribution in [3.05, 3.63) is 39.4 Å². The number of hydrogen-bond donors (Lipinski definition) is 2. The molecule has 0 unspecified atom stereocenters. The van der Waals surface area contributed by atoms with Crippen molar-refractivity contribution in [3.8, 4) is 0 Å². The molecule has 16 heavy (non-hydrogen) atoms. The number of nitrogens with zero attached hydrogens (tertiary/aromatic N) is 1. The Morgan fingerprint density at radius 3 is 2.12 bits per heavy atom. The number of primary amides is 2. The van der Waals surface area contributed by atoms with Gasteiger partial charge in [-0.2, -0.15) is 0 Å². The van der Waals surface area contributed by atoms with Crippen molar-refractivity contribution in [1.82, 2.24) is 0 Å². The average Bonchev–Trinajstić information content (AvgIpc) is 2.16. The SMILES string of the molecule is C.NC(=O)c1cccc([N+](=O)[O-])c1C(N)=O. The zero-order valence-electron chi connectivity index (χ0n) is 7.47. The predicted molar refractivity (Wildman–Crippen MR) is 56.9 cm³/mol. The second-order valence-electron chi connectivity index (χ2n) is 2.69. The molecule has 0 bridgehead atoms. The summed E-state index contributed by atoms with van der Waals surface area (Å²) in [5.74, 6) is -2.00. The Balaban J connectivity index is 0.00000225. The van der Waals surface area contributed by atoms with Crippen molar-refractivity contribution in [1.29, 1.82) is 0 Å². The Hall–Kier alpha value is -2.44. The first-order valence-electron chi connectivity index (χ1n) is 3.82. The summed E-state index contributed by atoms with van der Waals surface area (Å²) in [6.07, 6.45) is 0. The number of nitrogens with two attached hydrogens (primary N) is 2. The van der Waals surface area contributed by atoms with E-state index in [4.69, 9.17) is 11.5 Å². The van der Waals surface area contributed by atoms with Crippen LogP contribution in [0.2, 0.25) is 0 Å². The van der Waals surface area contributed by atoms with Crippen molar-refractivity contribution >= 4 is 17.5 Å². The lowest BCUT2D eigenvalue weighted by molar-refractivity contribution is -0.385. The predicted octanol–water partition coefficient (Wildman–Crippen LogP) is 0.429. The average molecular weight is 225 g/mol. The van der Waals surface area contributed by atoms with Gasteiger partial charge in [-0.25, -0.2) is 0 Å². The number of carbonyl (C=O) groups excluding carboxylic acids is 2. The molecule has 7 nitrogen and oxygen atoms in total. The lowest BCUT2D eigenvalue weighted by Gasteiger charge is -2.02. The third kappa shape index (κ3) is 2.32. The zero-order chi connectivity index (χ0) is 11.6. The lowest BCUT2D eigenvalue weighted by atomic mass is 10.0. The molecule has 0 saturated heterocycles. The first-order valence-corrected chi connectivity index (χ1v) is 3.82. The number of hydrogen-bond acceptors (Lipinski definition) is 4. The fraction of sp³-hybridized carbons (Fsp3) is 0.111. The molecule has 1 aromatic carbocycles. The smallest absolute Gasteiger partial charge is 0.282 e. The topological polar surface area (TPSA) is 129 Å². The van der Waals surface area contributed by atoms with Crippen LogP contribution < -0.4 is 11.5 Å². The van der Waals surface area contributed by atoms with Gasteiger partial charge in [-0.1, -0.05) is 13.5 Å². The Bertz CT molecular complexity index is 424. The maximum absolute atomic E-state index is 11.0. The molecule has 4 N–H and O–H groups in total. The molecule has 0 fully saturated rings. The zero-order valence-corrected chi connectivity index (χ0v) is 7.47. The Kier molecular flexibility index (Phi) is 4.13. The number of rotatable bonds is 3. The van der Waals surface area contributed by atoms with Gasteiger partial charge in [-0.3, -0.25) is 19.7 Å². The highest BCUT2D eigenvalue weighted by atomic mass is 16.6. The normalized spacial score (nSPS) is 9.00. The molecule has 0 atom stereocenters. The Morgan fingerprint density at radius 2 is 1.75 bits per heavy atom. The minimum Gasteiger partial charge on any atom is -0.366 e. The van der Waals surface area contributed by atoms with Crippen LogP contribution in [0.15, 0.2) is 18.2 Å². The highest BCUT2D eigenvalue weighted by Crippen LogP contribution is 2.21. The van der Waals surface area contributed by atoms with E-state index in [1.165, 1.54) is 12.1 Å². The molecule has 1 rings (SSSR count). The van der Waals surface area contributed by atoms with Gasteiger partial charge in [-0.05, 0) is 6.07 Å². The maximum atomic E-state index is 11.0. The largest absolute Gasteiger partial charge is 0.366 e. The Labute approximate surface area is 91.2 Å². The molecular weight excluding hydrogens is 214 g/mol. The number of carbonyl (C=O) groups is 2. The van der Waals surface area contributed by atoms with Gasteiger partial charge in [0.25, 0.3) is 11.6 Å². The molecule has 0 spiro atoms. The summed E-state index contributed by atoms with van der Waals surface area (Å²) in [7, 11) is 0. The van der Waals surface area contributed by atoms with Crippen molar-refractivity contribution in [3.63, 3.8) is 0 Å². The van der Waals surface area contributed by atoms with Crippen molar-refractivity contribution in [2.45, 2.75) is 7.43 Å². The van der Waals surface area contributed by atoms with Crippen LogP contribution in [-0.2, 0) is 0 Å². The van der Waals surface area contributed by atoms with Crippen molar-refractivity contribution < 1.29 is 14.5 Å². The van der Waals surface area contributed by atoms with E-state index in [0.29, 0.717) is 0 Å². The van der Waals surface area contributed by atoms with Crippen molar-refractivity contribution in [2.75, 3.05) is 0 Å². The van der Waals surface area contributed by atoms with Crippen LogP contribution >= 0.6 is 0 Å². The van der Waals surface area contributed by atoms with Gasteiger partial charge < -0.3 is 11.5 Å². The molecule has 0 aliphatic heterocycles. The van der Waals surface area contributed by atoms with Crippen LogP contribution in [0.4, 0.5) is 5.69 Å². The van der Waals surface area contributed by atoms with Crippen LogP contribution in [0.5, 0.6) is 0 Å². The number of benzene rings is 1. The number of nitro groups is 1. The minimum absolute atomic E-state index is 0. The molecule has 0 aromatic heterocycles. The molecule has 2 amide bonds. The molecule has 0 radical (unpaired) electrons. The van der Waals surface area contributed by atoms with E-state index in [9.17, 15) is 19.7 Å². The summed E-state index contributed by atoms with van der Waals surface area (Å²) < 4.78 is 0. The van der Waals surface area contributed by atoms with Gasteiger partial charge >= 0.3 is 0 Å². The summed E-state index contributed by atoms with van der Waals surface area (Å²) in [4.78, 5) is 31.6. The first kappa shape index (κ1) is 13.6. The summed E-state index contributed by atoms with van der Waals surface area (Å²) in [6.45, 7) is 0. The molecule has 0 saturated carbocycles. The first-order chi connectivity index (χ1) is 6.95. The van der Waals surface area contributed by atoms with Crippen LogP contribution in [0, 0.1) is 10.1 Å². The van der Waals surface area contributed by atoms with E-state index in [1.807, 2.05) is 0 Å². The van der Waals surface area contributed by atoms with Crippen molar-refractivity contribution in [2.24, 2.45) is 11.5 Å². The monoisotopic (exact) mass is 225 g/mol. The number of amides is 2. The van der Waals surface area contributed by atoms with E-state index >= 15 is 0 Å². The second-order valence-corrected chi connectivity index (χ2v) is 2.69. The van der Waals surface area contributed by atoms with Gasteiger partial charge in [0.1, 0.15) is 5.56 Å². The summed E-state index contributed by atoms with van der Waals surface area (Å²) >= 11 is 0. The molecule has 7 heteroatoms. The minimum atomic E-state index is -1.06. The van der Waals surface area contributed by atoms with E-state index in [1.54, 1.807) is 0 Å². The maximum Gasteiger partial charge on any atom is 0.282 e. The van der Waals surface area contributed by atoms with Gasteiger partial charge in [0, 0.05) is 6.07 Å². The molecule has 86 valence electrons. The third-order valence-corrected chi connectivity index (χ3v) is 1.75. The second kappa shape index (κ2) is 4.87. The number of nitro benzene ring substituents is 1. The van der Waals surface area contributed by atoms with Gasteiger partial charge in [0.05, 0.1) is 10.5 Å². The third-order valence-electron chi connectivity index (χ3n) is 1.75. The van der Waals surface area contributed by atoms with E-state index in [2.05, 4.69) is 0 Å². The van der Waals surface area contributed by atoms with E-state index < -0.39 is 28.0 Å². The van der Waals surface area contributed by atoms with Crippen LogP contribution in [-0.4, -0.2) is 16.7 Å². The highest BCUT2D eigenvalue weighted by molar-refractivity contribution is 6.08. The molecule has 0 heterocycles. The summed E-state index contributed by atoms with van der Waals surface area (Å²) in [5.41, 5.74) is 8.65. The fourth-order valence-electron chi connectivity index (χ4n) is 1.16. The van der Waals surface area contributed by atoms with E-state index in [-0.39, 0.29) is 13.0 Å². The highest BCUT2D eigenvalue weighted by Gasteiger charge is 2.23. The lowest BCUT2D eigenvalue weighted by Crippen LogP contribution is -2.21. The van der Waals surface area contributed by atoms with Gasteiger partial charge in [-0.15, -0.1) is 0 Å². The van der Waals surface area contributed by atoms with Gasteiger partial charge in [0.2, 0.25) is 5.91 Å². The van der Waals surface area contributed by atoms with E-state index in [0.717, 1.165) is 6.07 Å². The van der Waals surface area contributed by atoms with Crippen LogP contribution in [0.1, 0.15) is 28.1 Å². The standard InChI is InChI=1S/C8H7N3O4.CH4/c9-7(12)4-2-1-3-5(11(14)15)6(4)8(10)13;/h1-3H,(H2,9,12)(H2,10,13);1H4. The molecule has 0 aliphatic carbocycles.